The molecule has 1 atom stereocenters. The molecule has 1 aromatic carbocycles. The van der Waals surface area contributed by atoms with E-state index in [9.17, 15) is 9.59 Å². The van der Waals surface area contributed by atoms with E-state index in [2.05, 4.69) is 20.7 Å². The maximum Gasteiger partial charge on any atom is 0.305 e. The van der Waals surface area contributed by atoms with E-state index >= 15 is 0 Å². The lowest BCUT2D eigenvalue weighted by Gasteiger charge is -2.16. The van der Waals surface area contributed by atoms with Crippen molar-refractivity contribution < 1.29 is 14.3 Å². The molecule has 102 valence electrons. The minimum atomic E-state index is -0.207. The lowest BCUT2D eigenvalue weighted by Crippen LogP contribution is -2.24. The van der Waals surface area contributed by atoms with Gasteiger partial charge in [0.25, 0.3) is 0 Å². The van der Waals surface area contributed by atoms with Gasteiger partial charge in [0.15, 0.2) is 0 Å². The second-order valence-corrected chi connectivity index (χ2v) is 5.84. The molecule has 1 heterocycles. The van der Waals surface area contributed by atoms with E-state index in [1.807, 2.05) is 24.3 Å². The summed E-state index contributed by atoms with van der Waals surface area (Å²) < 4.78 is 4.61. The highest BCUT2D eigenvalue weighted by Crippen LogP contribution is 2.25. The summed E-state index contributed by atoms with van der Waals surface area (Å²) in [5, 5.41) is 0. The van der Waals surface area contributed by atoms with Crippen molar-refractivity contribution in [2.75, 3.05) is 18.6 Å². The first-order valence-corrected chi connectivity index (χ1v) is 7.12. The van der Waals surface area contributed by atoms with E-state index in [0.29, 0.717) is 25.8 Å². The fourth-order valence-corrected chi connectivity index (χ4v) is 2.67. The van der Waals surface area contributed by atoms with Crippen molar-refractivity contribution in [3.63, 3.8) is 0 Å². The van der Waals surface area contributed by atoms with Crippen LogP contribution in [0.4, 0.5) is 5.69 Å². The molecule has 1 aliphatic heterocycles. The zero-order valence-corrected chi connectivity index (χ0v) is 12.4. The van der Waals surface area contributed by atoms with Gasteiger partial charge < -0.3 is 9.64 Å². The summed E-state index contributed by atoms with van der Waals surface area (Å²) in [5.74, 6) is -0.0647. The number of ether oxygens (including phenoxy) is 1. The molecule has 0 aromatic heterocycles. The fraction of sp³-hybridized carbons (Fsp3) is 0.429. The molecule has 0 aliphatic carbocycles. The monoisotopic (exact) mass is 325 g/mol. The van der Waals surface area contributed by atoms with Crippen molar-refractivity contribution in [3.8, 4) is 0 Å². The number of halogens is 1. The topological polar surface area (TPSA) is 46.6 Å². The van der Waals surface area contributed by atoms with Crippen LogP contribution in [0.3, 0.4) is 0 Å². The maximum absolute atomic E-state index is 11.8. The van der Waals surface area contributed by atoms with Gasteiger partial charge in [-0.1, -0.05) is 28.1 Å². The number of rotatable bonds is 4. The molecule has 1 unspecified atom stereocenters. The van der Waals surface area contributed by atoms with E-state index in [0.717, 1.165) is 11.3 Å². The molecule has 0 radical (unpaired) electrons. The number of hydrogen-bond acceptors (Lipinski definition) is 3. The van der Waals surface area contributed by atoms with Gasteiger partial charge in [0, 0.05) is 29.9 Å². The molecule has 0 N–H and O–H groups in total. The second-order valence-electron chi connectivity index (χ2n) is 4.55. The van der Waals surface area contributed by atoms with Gasteiger partial charge in [0.05, 0.1) is 7.11 Å². The van der Waals surface area contributed by atoms with E-state index in [1.165, 1.54) is 7.11 Å². The van der Waals surface area contributed by atoms with Crippen LogP contribution < -0.4 is 4.90 Å². The van der Waals surface area contributed by atoms with E-state index in [1.54, 1.807) is 4.90 Å². The standard InChI is InChI=1S/C14H16BrNO3/c1-19-14(18)7-4-10-2-5-12(6-3-10)16-9-11(15)8-13(16)17/h2-3,5-6,11H,4,7-9H2,1H3. The maximum atomic E-state index is 11.8. The first-order valence-electron chi connectivity index (χ1n) is 6.20. The zero-order valence-electron chi connectivity index (χ0n) is 10.8. The Kier molecular flexibility index (Phi) is 4.58. The molecule has 1 fully saturated rings. The predicted molar refractivity (Wildman–Crippen MR) is 76.5 cm³/mol. The Morgan fingerprint density at radius 3 is 2.63 bits per heavy atom. The minimum Gasteiger partial charge on any atom is -0.469 e. The van der Waals surface area contributed by atoms with Crippen LogP contribution in [-0.2, 0) is 20.7 Å². The molecule has 19 heavy (non-hydrogen) atoms. The number of esters is 1. The Bertz CT molecular complexity index is 472. The fourth-order valence-electron chi connectivity index (χ4n) is 2.10. The van der Waals surface area contributed by atoms with Gasteiger partial charge in [-0.25, -0.2) is 0 Å². The van der Waals surface area contributed by atoms with Gasteiger partial charge in [-0.05, 0) is 24.1 Å². The third-order valence-electron chi connectivity index (χ3n) is 3.17. The summed E-state index contributed by atoms with van der Waals surface area (Å²) in [5.41, 5.74) is 1.98. The third-order valence-corrected chi connectivity index (χ3v) is 3.78. The number of aryl methyl sites for hydroxylation is 1. The molecular weight excluding hydrogens is 310 g/mol. The Morgan fingerprint density at radius 1 is 1.42 bits per heavy atom. The van der Waals surface area contributed by atoms with Crippen LogP contribution in [0.25, 0.3) is 0 Å². The number of alkyl halides is 1. The van der Waals surface area contributed by atoms with Crippen LogP contribution in [-0.4, -0.2) is 30.4 Å². The molecule has 1 aromatic rings. The first-order chi connectivity index (χ1) is 9.10. The molecule has 4 nitrogen and oxygen atoms in total. The summed E-state index contributed by atoms with van der Waals surface area (Å²) in [6.45, 7) is 0.709. The molecular formula is C14H16BrNO3. The van der Waals surface area contributed by atoms with Crippen LogP contribution in [0.5, 0.6) is 0 Å². The number of nitrogens with zero attached hydrogens (tertiary/aromatic N) is 1. The summed E-state index contributed by atoms with van der Waals surface area (Å²) in [4.78, 5) is 24.8. The average molecular weight is 326 g/mol. The highest BCUT2D eigenvalue weighted by Gasteiger charge is 2.28. The number of carbonyl (C=O) groups excluding carboxylic acids is 2. The van der Waals surface area contributed by atoms with Crippen molar-refractivity contribution in [2.24, 2.45) is 0 Å². The summed E-state index contributed by atoms with van der Waals surface area (Å²) in [7, 11) is 1.39. The summed E-state index contributed by atoms with van der Waals surface area (Å²) in [6, 6.07) is 7.76. The lowest BCUT2D eigenvalue weighted by molar-refractivity contribution is -0.140. The molecule has 1 aliphatic rings. The van der Waals surface area contributed by atoms with Crippen LogP contribution >= 0.6 is 15.9 Å². The van der Waals surface area contributed by atoms with Crippen molar-refractivity contribution >= 4 is 33.5 Å². The molecule has 2 rings (SSSR count). The predicted octanol–water partition coefficient (Wildman–Crippen LogP) is 2.29. The molecule has 1 saturated heterocycles. The molecule has 0 saturated carbocycles. The van der Waals surface area contributed by atoms with Gasteiger partial charge >= 0.3 is 5.97 Å². The minimum absolute atomic E-state index is 0.143. The quantitative estimate of drug-likeness (QED) is 0.630. The van der Waals surface area contributed by atoms with E-state index in [4.69, 9.17) is 0 Å². The highest BCUT2D eigenvalue weighted by molar-refractivity contribution is 9.09. The lowest BCUT2D eigenvalue weighted by atomic mass is 10.1. The number of benzene rings is 1. The number of anilines is 1. The van der Waals surface area contributed by atoms with E-state index in [-0.39, 0.29) is 16.7 Å². The smallest absolute Gasteiger partial charge is 0.305 e. The van der Waals surface area contributed by atoms with Crippen LogP contribution in [0, 0.1) is 0 Å². The Morgan fingerprint density at radius 2 is 2.11 bits per heavy atom. The summed E-state index contributed by atoms with van der Waals surface area (Å²) in [6.07, 6.45) is 1.58. The van der Waals surface area contributed by atoms with Crippen LogP contribution in [0.1, 0.15) is 18.4 Å². The SMILES string of the molecule is COC(=O)CCc1ccc(N2CC(Br)CC2=O)cc1. The highest BCUT2D eigenvalue weighted by atomic mass is 79.9. The largest absolute Gasteiger partial charge is 0.469 e. The molecule has 0 bridgehead atoms. The summed E-state index contributed by atoms with van der Waals surface area (Å²) >= 11 is 3.47. The van der Waals surface area contributed by atoms with Gasteiger partial charge in [0.1, 0.15) is 0 Å². The zero-order chi connectivity index (χ0) is 13.8. The number of amides is 1. The average Bonchev–Trinajstić information content (AvgIpc) is 2.75. The van der Waals surface area contributed by atoms with Crippen molar-refractivity contribution in [3.05, 3.63) is 29.8 Å². The molecule has 5 heteroatoms. The first kappa shape index (κ1) is 14.1. The number of carbonyl (C=O) groups is 2. The van der Waals surface area contributed by atoms with Crippen molar-refractivity contribution in [1.29, 1.82) is 0 Å². The number of hydrogen-bond donors (Lipinski definition) is 0. The van der Waals surface area contributed by atoms with Gasteiger partial charge in [0.2, 0.25) is 5.91 Å². The third kappa shape index (κ3) is 3.56. The Balaban J connectivity index is 1.98. The number of methoxy groups -OCH3 is 1. The van der Waals surface area contributed by atoms with Crippen LogP contribution in [0.2, 0.25) is 0 Å². The van der Waals surface area contributed by atoms with Gasteiger partial charge in [-0.2, -0.15) is 0 Å². The molecule has 0 spiro atoms. The van der Waals surface area contributed by atoms with Crippen molar-refractivity contribution in [1.82, 2.24) is 0 Å². The Labute approximate surface area is 120 Å². The normalized spacial score (nSPS) is 18.7. The molecule has 1 amide bonds. The van der Waals surface area contributed by atoms with E-state index < -0.39 is 0 Å². The van der Waals surface area contributed by atoms with Crippen molar-refractivity contribution in [2.45, 2.75) is 24.1 Å². The second kappa shape index (κ2) is 6.19. The van der Waals surface area contributed by atoms with Gasteiger partial charge in [-0.15, -0.1) is 0 Å². The van der Waals surface area contributed by atoms with Gasteiger partial charge in [-0.3, -0.25) is 9.59 Å². The Hall–Kier alpha value is -1.36. The van der Waals surface area contributed by atoms with Crippen LogP contribution in [0.15, 0.2) is 24.3 Å².